The van der Waals surface area contributed by atoms with Gasteiger partial charge in [0.1, 0.15) is 0 Å². The molecular formula is C24H38N6O2. The minimum Gasteiger partial charge on any atom is -0.373 e. The number of nitrogens with two attached hydrogens (primary N) is 1. The van der Waals surface area contributed by atoms with Crippen LogP contribution in [0.1, 0.15) is 24.8 Å². The third-order valence-electron chi connectivity index (χ3n) is 7.00. The summed E-state index contributed by atoms with van der Waals surface area (Å²) in [6.07, 6.45) is 3.22. The number of nitrogens with one attached hydrogen (secondary N) is 1. The zero-order chi connectivity index (χ0) is 22.3. The molecule has 32 heavy (non-hydrogen) atoms. The van der Waals surface area contributed by atoms with Crippen LogP contribution in [-0.2, 0) is 16.1 Å². The van der Waals surface area contributed by atoms with E-state index in [-0.39, 0.29) is 17.9 Å². The molecule has 3 fully saturated rings. The first-order chi connectivity index (χ1) is 15.6. The topological polar surface area (TPSA) is 86.4 Å². The lowest BCUT2D eigenvalue weighted by Gasteiger charge is -2.36. The Morgan fingerprint density at radius 3 is 2.84 bits per heavy atom. The normalized spacial score (nSPS) is 27.3. The Bertz CT molecular complexity index is 773. The summed E-state index contributed by atoms with van der Waals surface area (Å²) in [5.41, 5.74) is 6.85. The predicted octanol–water partition coefficient (Wildman–Crippen LogP) is 0.734. The number of primary amides is 1. The number of rotatable bonds is 7. The second-order valence-corrected chi connectivity index (χ2v) is 9.21. The van der Waals surface area contributed by atoms with E-state index in [2.05, 4.69) is 55.3 Å². The molecule has 0 aromatic heterocycles. The van der Waals surface area contributed by atoms with E-state index >= 15 is 0 Å². The Labute approximate surface area is 191 Å². The van der Waals surface area contributed by atoms with E-state index in [0.29, 0.717) is 6.04 Å². The van der Waals surface area contributed by atoms with Crippen LogP contribution in [0.5, 0.6) is 0 Å². The van der Waals surface area contributed by atoms with Gasteiger partial charge in [-0.1, -0.05) is 30.3 Å². The maximum absolute atomic E-state index is 11.5. The fourth-order valence-electron chi connectivity index (χ4n) is 5.27. The maximum atomic E-state index is 11.5. The van der Waals surface area contributed by atoms with Crippen molar-refractivity contribution in [3.05, 3.63) is 35.9 Å². The van der Waals surface area contributed by atoms with Crippen LogP contribution in [0, 0.1) is 5.92 Å². The van der Waals surface area contributed by atoms with Crippen LogP contribution in [0.25, 0.3) is 0 Å². The van der Waals surface area contributed by atoms with E-state index in [1.165, 1.54) is 5.56 Å². The van der Waals surface area contributed by atoms with E-state index in [1.807, 2.05) is 7.05 Å². The van der Waals surface area contributed by atoms with Gasteiger partial charge in [-0.25, -0.2) is 0 Å². The van der Waals surface area contributed by atoms with Crippen molar-refractivity contribution in [3.63, 3.8) is 0 Å². The Hall–Kier alpha value is -2.16. The molecule has 3 aliphatic rings. The molecule has 3 heterocycles. The van der Waals surface area contributed by atoms with Gasteiger partial charge < -0.3 is 25.6 Å². The Kier molecular flexibility index (Phi) is 8.00. The molecule has 0 bridgehead atoms. The van der Waals surface area contributed by atoms with Gasteiger partial charge in [0.25, 0.3) is 0 Å². The second kappa shape index (κ2) is 11.1. The highest BCUT2D eigenvalue weighted by atomic mass is 16.5. The molecule has 0 spiro atoms. The highest BCUT2D eigenvalue weighted by Crippen LogP contribution is 2.24. The van der Waals surface area contributed by atoms with Crippen molar-refractivity contribution in [3.8, 4) is 0 Å². The summed E-state index contributed by atoms with van der Waals surface area (Å²) in [6.45, 7) is 8.24. The molecule has 1 aromatic carbocycles. The van der Waals surface area contributed by atoms with Gasteiger partial charge in [-0.05, 0) is 37.9 Å². The standard InChI is InChI=1S/C24H38N6O2/c1-26-24(27-10-6-12-28-11-5-9-20(16-28)23(25)31)30-17-21-22(18-30)32-14-13-29(21)15-19-7-3-2-4-8-19/h2-4,7-8,20-22H,5-6,9-18H2,1H3,(H2,25,31)(H,26,27). The van der Waals surface area contributed by atoms with E-state index in [4.69, 9.17) is 10.5 Å². The summed E-state index contributed by atoms with van der Waals surface area (Å²) in [5.74, 6) is 0.805. The lowest BCUT2D eigenvalue weighted by molar-refractivity contribution is -0.123. The van der Waals surface area contributed by atoms with Crippen LogP contribution >= 0.6 is 0 Å². The molecule has 1 aromatic rings. The first kappa shape index (κ1) is 23.0. The monoisotopic (exact) mass is 442 g/mol. The van der Waals surface area contributed by atoms with Crippen molar-refractivity contribution in [1.29, 1.82) is 0 Å². The van der Waals surface area contributed by atoms with Crippen molar-refractivity contribution in [2.24, 2.45) is 16.6 Å². The van der Waals surface area contributed by atoms with Gasteiger partial charge in [-0.15, -0.1) is 0 Å². The Balaban J connectivity index is 1.24. The van der Waals surface area contributed by atoms with E-state index in [0.717, 1.165) is 84.2 Å². The lowest BCUT2D eigenvalue weighted by Crippen LogP contribution is -2.50. The number of fused-ring (bicyclic) bond motifs is 1. The number of likely N-dealkylation sites (tertiary alicyclic amines) is 2. The number of carbonyl (C=O) groups excluding carboxylic acids is 1. The van der Waals surface area contributed by atoms with E-state index in [9.17, 15) is 4.79 Å². The molecular weight excluding hydrogens is 404 g/mol. The van der Waals surface area contributed by atoms with Gasteiger partial charge in [0.05, 0.1) is 24.7 Å². The van der Waals surface area contributed by atoms with Gasteiger partial charge >= 0.3 is 0 Å². The first-order valence-electron chi connectivity index (χ1n) is 12.0. The number of hydrogen-bond donors (Lipinski definition) is 2. The average Bonchev–Trinajstić information content (AvgIpc) is 3.25. The molecule has 8 heteroatoms. The number of guanidine groups is 1. The van der Waals surface area contributed by atoms with Crippen LogP contribution < -0.4 is 11.1 Å². The van der Waals surface area contributed by atoms with Crippen molar-refractivity contribution >= 4 is 11.9 Å². The summed E-state index contributed by atoms with van der Waals surface area (Å²) in [7, 11) is 1.86. The van der Waals surface area contributed by atoms with Gasteiger partial charge in [-0.3, -0.25) is 14.7 Å². The molecule has 3 N–H and O–H groups in total. The summed E-state index contributed by atoms with van der Waals surface area (Å²) >= 11 is 0. The van der Waals surface area contributed by atoms with Gasteiger partial charge in [-0.2, -0.15) is 0 Å². The average molecular weight is 443 g/mol. The lowest BCUT2D eigenvalue weighted by atomic mass is 9.97. The number of aliphatic imine (C=N–C) groups is 1. The van der Waals surface area contributed by atoms with Crippen molar-refractivity contribution in [2.45, 2.75) is 38.0 Å². The van der Waals surface area contributed by atoms with Gasteiger partial charge in [0.2, 0.25) is 5.91 Å². The summed E-state index contributed by atoms with van der Waals surface area (Å²) in [6, 6.07) is 11.1. The molecule has 0 aliphatic carbocycles. The third kappa shape index (κ3) is 5.79. The van der Waals surface area contributed by atoms with Crippen LogP contribution in [0.4, 0.5) is 0 Å². The van der Waals surface area contributed by atoms with Crippen LogP contribution in [0.15, 0.2) is 35.3 Å². The predicted molar refractivity (Wildman–Crippen MR) is 126 cm³/mol. The molecule has 0 radical (unpaired) electrons. The molecule has 3 atom stereocenters. The molecule has 0 saturated carbocycles. The Morgan fingerprint density at radius 1 is 1.22 bits per heavy atom. The number of piperidine rings is 1. The van der Waals surface area contributed by atoms with Gasteiger partial charge in [0.15, 0.2) is 5.96 Å². The molecule has 3 saturated heterocycles. The van der Waals surface area contributed by atoms with E-state index in [1.54, 1.807) is 0 Å². The zero-order valence-corrected chi connectivity index (χ0v) is 19.3. The van der Waals surface area contributed by atoms with Crippen molar-refractivity contribution < 1.29 is 9.53 Å². The number of benzene rings is 1. The molecule has 3 unspecified atom stereocenters. The number of hydrogen-bond acceptors (Lipinski definition) is 5. The fourth-order valence-corrected chi connectivity index (χ4v) is 5.27. The van der Waals surface area contributed by atoms with Crippen molar-refractivity contribution in [2.75, 3.05) is 59.5 Å². The number of ether oxygens (including phenoxy) is 1. The van der Waals surface area contributed by atoms with Gasteiger partial charge in [0, 0.05) is 46.3 Å². The second-order valence-electron chi connectivity index (χ2n) is 9.21. The minimum absolute atomic E-state index is 0.0104. The third-order valence-corrected chi connectivity index (χ3v) is 7.00. The van der Waals surface area contributed by atoms with Crippen LogP contribution in [-0.4, -0.2) is 98.2 Å². The summed E-state index contributed by atoms with van der Waals surface area (Å²) in [4.78, 5) is 23.3. The summed E-state index contributed by atoms with van der Waals surface area (Å²) in [5, 5.41) is 3.54. The van der Waals surface area contributed by atoms with Crippen LogP contribution in [0.2, 0.25) is 0 Å². The minimum atomic E-state index is -0.160. The Morgan fingerprint density at radius 2 is 2.06 bits per heavy atom. The van der Waals surface area contributed by atoms with Crippen LogP contribution in [0.3, 0.4) is 0 Å². The maximum Gasteiger partial charge on any atom is 0.221 e. The summed E-state index contributed by atoms with van der Waals surface area (Å²) < 4.78 is 6.12. The fraction of sp³-hybridized carbons (Fsp3) is 0.667. The number of nitrogens with zero attached hydrogens (tertiary/aromatic N) is 4. The number of morpholine rings is 1. The molecule has 8 nitrogen and oxygen atoms in total. The van der Waals surface area contributed by atoms with E-state index < -0.39 is 0 Å². The zero-order valence-electron chi connectivity index (χ0n) is 19.3. The molecule has 4 rings (SSSR count). The smallest absolute Gasteiger partial charge is 0.221 e. The SMILES string of the molecule is CN=C(NCCCN1CCCC(C(N)=O)C1)N1CC2OCCN(Cc3ccccc3)C2C1. The van der Waals surface area contributed by atoms with Crippen molar-refractivity contribution in [1.82, 2.24) is 20.0 Å². The highest BCUT2D eigenvalue weighted by Gasteiger charge is 2.41. The highest BCUT2D eigenvalue weighted by molar-refractivity contribution is 5.80. The largest absolute Gasteiger partial charge is 0.373 e. The molecule has 3 aliphatic heterocycles. The molecule has 1 amide bonds. The quantitative estimate of drug-likeness (QED) is 0.368. The number of carbonyl (C=O) groups is 1. The molecule has 176 valence electrons. The number of amides is 1. The first-order valence-corrected chi connectivity index (χ1v) is 12.0.